The van der Waals surface area contributed by atoms with Crippen LogP contribution in [-0.4, -0.2) is 51.1 Å². The van der Waals surface area contributed by atoms with Crippen LogP contribution in [0.5, 0.6) is 5.75 Å². The Balaban J connectivity index is 1.43. The van der Waals surface area contributed by atoms with E-state index in [4.69, 9.17) is 14.5 Å². The monoisotopic (exact) mass is 395 g/mol. The van der Waals surface area contributed by atoms with E-state index >= 15 is 0 Å². The summed E-state index contributed by atoms with van der Waals surface area (Å²) in [5, 5.41) is 5.13. The van der Waals surface area contributed by atoms with Crippen molar-refractivity contribution < 1.29 is 9.47 Å². The molecule has 0 unspecified atom stereocenters. The normalized spacial score (nSPS) is 18.1. The highest BCUT2D eigenvalue weighted by molar-refractivity contribution is 5.73. The van der Waals surface area contributed by atoms with Crippen molar-refractivity contribution in [2.45, 2.75) is 38.5 Å². The number of rotatable bonds is 4. The third kappa shape index (κ3) is 3.42. The lowest BCUT2D eigenvalue weighted by molar-refractivity contribution is 0.0673. The average Bonchev–Trinajstić information content (AvgIpc) is 3.19. The summed E-state index contributed by atoms with van der Waals surface area (Å²) in [7, 11) is 1.67. The molecule has 0 atom stereocenters. The molecule has 152 valence electrons. The molecule has 0 aliphatic carbocycles. The number of ether oxygens (including phenoxy) is 2. The third-order valence-electron chi connectivity index (χ3n) is 5.90. The van der Waals surface area contributed by atoms with Gasteiger partial charge in [-0.05, 0) is 30.5 Å². The van der Waals surface area contributed by atoms with E-state index in [9.17, 15) is 4.79 Å². The van der Waals surface area contributed by atoms with E-state index in [1.165, 1.54) is 5.56 Å². The highest BCUT2D eigenvalue weighted by atomic mass is 16.5. The lowest BCUT2D eigenvalue weighted by Gasteiger charge is -2.29. The number of nitrogens with zero attached hydrogens (tertiary/aromatic N) is 5. The smallest absolute Gasteiger partial charge is 0.264 e. The maximum absolute atomic E-state index is 13.0. The zero-order valence-electron chi connectivity index (χ0n) is 16.6. The molecule has 1 fully saturated rings. The van der Waals surface area contributed by atoms with Gasteiger partial charge in [0.1, 0.15) is 17.0 Å². The average molecular weight is 395 g/mol. The van der Waals surface area contributed by atoms with Crippen LogP contribution in [0.2, 0.25) is 0 Å². The second-order valence-corrected chi connectivity index (χ2v) is 7.71. The van der Waals surface area contributed by atoms with E-state index in [1.807, 2.05) is 21.4 Å². The van der Waals surface area contributed by atoms with Gasteiger partial charge in [0.2, 0.25) is 0 Å². The molecule has 0 amide bonds. The fraction of sp³-hybridized carbons (Fsp3) is 0.476. The van der Waals surface area contributed by atoms with Crippen molar-refractivity contribution in [2.24, 2.45) is 0 Å². The fourth-order valence-corrected chi connectivity index (χ4v) is 4.26. The molecular formula is C21H25N5O3. The Hall–Kier alpha value is -2.71. The summed E-state index contributed by atoms with van der Waals surface area (Å²) in [5.41, 5.74) is 1.95. The number of hydrogen-bond donors (Lipinski definition) is 0. The number of aromatic nitrogens is 4. The van der Waals surface area contributed by atoms with Crippen molar-refractivity contribution in [1.29, 1.82) is 0 Å². The van der Waals surface area contributed by atoms with Gasteiger partial charge < -0.3 is 9.47 Å². The Kier molecular flexibility index (Phi) is 4.81. The lowest BCUT2D eigenvalue weighted by Crippen LogP contribution is -2.39. The molecule has 3 aromatic rings. The van der Waals surface area contributed by atoms with Crippen LogP contribution in [-0.2, 0) is 24.4 Å². The lowest BCUT2D eigenvalue weighted by atomic mass is 10.1. The quantitative estimate of drug-likeness (QED) is 0.672. The molecule has 0 saturated carbocycles. The molecule has 8 heteroatoms. The maximum Gasteiger partial charge on any atom is 0.264 e. The van der Waals surface area contributed by atoms with Gasteiger partial charge in [0.15, 0.2) is 5.65 Å². The van der Waals surface area contributed by atoms with Crippen molar-refractivity contribution in [2.75, 3.05) is 26.9 Å². The zero-order chi connectivity index (χ0) is 19.8. The third-order valence-corrected chi connectivity index (χ3v) is 5.90. The first kappa shape index (κ1) is 18.3. The minimum atomic E-state index is 0.0207. The van der Waals surface area contributed by atoms with Crippen LogP contribution in [0.15, 0.2) is 35.3 Å². The van der Waals surface area contributed by atoms with Crippen LogP contribution in [0.3, 0.4) is 0 Å². The van der Waals surface area contributed by atoms with Crippen LogP contribution >= 0.6 is 0 Å². The molecule has 2 aromatic heterocycles. The van der Waals surface area contributed by atoms with Crippen LogP contribution in [0.1, 0.15) is 30.3 Å². The number of benzene rings is 1. The van der Waals surface area contributed by atoms with Crippen molar-refractivity contribution in [1.82, 2.24) is 24.2 Å². The van der Waals surface area contributed by atoms with Gasteiger partial charge in [0.25, 0.3) is 5.56 Å². The summed E-state index contributed by atoms with van der Waals surface area (Å²) in [6, 6.07) is 8.36. The Morgan fingerprint density at radius 3 is 2.72 bits per heavy atom. The van der Waals surface area contributed by atoms with E-state index in [0.29, 0.717) is 24.1 Å². The van der Waals surface area contributed by atoms with Gasteiger partial charge in [-0.25, -0.2) is 9.67 Å². The minimum Gasteiger partial charge on any atom is -0.497 e. The molecule has 0 radical (unpaired) electrons. The van der Waals surface area contributed by atoms with E-state index in [2.05, 4.69) is 22.1 Å². The van der Waals surface area contributed by atoms with Gasteiger partial charge in [-0.3, -0.25) is 14.3 Å². The largest absolute Gasteiger partial charge is 0.497 e. The molecule has 1 saturated heterocycles. The summed E-state index contributed by atoms with van der Waals surface area (Å²) >= 11 is 0. The van der Waals surface area contributed by atoms with E-state index in [-0.39, 0.29) is 11.6 Å². The van der Waals surface area contributed by atoms with Crippen molar-refractivity contribution in [3.63, 3.8) is 0 Å². The number of methoxy groups -OCH3 is 1. The van der Waals surface area contributed by atoms with Gasteiger partial charge in [-0.1, -0.05) is 12.1 Å². The van der Waals surface area contributed by atoms with Gasteiger partial charge in [0, 0.05) is 32.8 Å². The first-order valence-electron chi connectivity index (χ1n) is 10.1. The van der Waals surface area contributed by atoms with Crippen LogP contribution < -0.4 is 10.3 Å². The zero-order valence-corrected chi connectivity index (χ0v) is 16.6. The van der Waals surface area contributed by atoms with E-state index < -0.39 is 0 Å². The summed E-state index contributed by atoms with van der Waals surface area (Å²) < 4.78 is 14.4. The minimum absolute atomic E-state index is 0.0207. The van der Waals surface area contributed by atoms with Crippen molar-refractivity contribution in [3.8, 4) is 5.75 Å². The topological polar surface area (TPSA) is 74.4 Å². The molecule has 0 spiro atoms. The van der Waals surface area contributed by atoms with Gasteiger partial charge in [-0.15, -0.1) is 0 Å². The van der Waals surface area contributed by atoms with E-state index in [0.717, 1.165) is 50.7 Å². The van der Waals surface area contributed by atoms with Crippen molar-refractivity contribution >= 4 is 11.0 Å². The van der Waals surface area contributed by atoms with E-state index in [1.54, 1.807) is 13.3 Å². The summed E-state index contributed by atoms with van der Waals surface area (Å²) in [4.78, 5) is 20.2. The second kappa shape index (κ2) is 7.61. The molecule has 2 aliphatic heterocycles. The highest BCUT2D eigenvalue weighted by Gasteiger charge is 2.24. The maximum atomic E-state index is 13.0. The Morgan fingerprint density at radius 2 is 1.97 bits per heavy atom. The number of hydrogen-bond acceptors (Lipinski definition) is 6. The molecular weight excluding hydrogens is 370 g/mol. The molecule has 4 heterocycles. The standard InChI is InChI=1S/C21H25N5O3/c1-28-17-4-2-15(3-5-17)13-24-8-9-25-19(14-24)23-20-18(21(25)27)12-22-26(20)16-6-10-29-11-7-16/h2-5,12,16H,6-11,13-14H2,1H3. The molecule has 0 N–H and O–H groups in total. The predicted molar refractivity (Wildman–Crippen MR) is 108 cm³/mol. The predicted octanol–water partition coefficient (Wildman–Crippen LogP) is 1.97. The molecule has 1 aromatic carbocycles. The summed E-state index contributed by atoms with van der Waals surface area (Å²) in [5.74, 6) is 1.67. The van der Waals surface area contributed by atoms with Gasteiger partial charge >= 0.3 is 0 Å². The van der Waals surface area contributed by atoms with Crippen LogP contribution in [0, 0.1) is 0 Å². The van der Waals surface area contributed by atoms with Crippen molar-refractivity contribution in [3.05, 3.63) is 52.2 Å². The Bertz CT molecular complexity index is 1070. The number of fused-ring (bicyclic) bond motifs is 2. The molecule has 5 rings (SSSR count). The summed E-state index contributed by atoms with van der Waals surface area (Å²) in [6.45, 7) is 4.39. The first-order chi connectivity index (χ1) is 14.2. The first-order valence-corrected chi connectivity index (χ1v) is 10.1. The molecule has 0 bridgehead atoms. The molecule has 8 nitrogen and oxygen atoms in total. The Labute approximate surface area is 168 Å². The molecule has 2 aliphatic rings. The van der Waals surface area contributed by atoms with Crippen LogP contribution in [0.25, 0.3) is 11.0 Å². The summed E-state index contributed by atoms with van der Waals surface area (Å²) in [6.07, 6.45) is 3.48. The molecule has 29 heavy (non-hydrogen) atoms. The van der Waals surface area contributed by atoms with Gasteiger partial charge in [0.05, 0.1) is 25.9 Å². The fourth-order valence-electron chi connectivity index (χ4n) is 4.26. The highest BCUT2D eigenvalue weighted by Crippen LogP contribution is 2.24. The SMILES string of the molecule is COc1ccc(CN2CCn3c(nc4c(cnn4C4CCOCC4)c3=O)C2)cc1. The Morgan fingerprint density at radius 1 is 1.17 bits per heavy atom. The second-order valence-electron chi connectivity index (χ2n) is 7.71. The van der Waals surface area contributed by atoms with Gasteiger partial charge in [-0.2, -0.15) is 5.10 Å². The van der Waals surface area contributed by atoms with Crippen LogP contribution in [0.4, 0.5) is 0 Å².